The summed E-state index contributed by atoms with van der Waals surface area (Å²) in [5, 5.41) is 3.41. The van der Waals surface area contributed by atoms with Gasteiger partial charge in [0.15, 0.2) is 6.80 Å². The summed E-state index contributed by atoms with van der Waals surface area (Å²) in [6, 6.07) is 0. The minimum atomic E-state index is -2.67. The average Bonchev–Trinajstić information content (AvgIpc) is 2.30. The maximum Gasteiger partial charge on any atom is 0.281 e. The third kappa shape index (κ3) is 1.66. The van der Waals surface area contributed by atoms with Crippen LogP contribution in [0.3, 0.4) is 0 Å². The molecule has 1 aromatic rings. The van der Waals surface area contributed by atoms with Crippen molar-refractivity contribution in [3.8, 4) is 0 Å². The number of halogens is 4. The van der Waals surface area contributed by atoms with Gasteiger partial charge < -0.3 is 0 Å². The summed E-state index contributed by atoms with van der Waals surface area (Å²) in [5.74, 6) is 0. The van der Waals surface area contributed by atoms with Crippen molar-refractivity contribution >= 4 is 22.6 Å². The van der Waals surface area contributed by atoms with Crippen LogP contribution in [0.25, 0.3) is 0 Å². The van der Waals surface area contributed by atoms with Crippen molar-refractivity contribution in [3.05, 3.63) is 15.5 Å². The quantitative estimate of drug-likeness (QED) is 0.758. The normalized spacial score (nSPS) is 11.0. The summed E-state index contributed by atoms with van der Waals surface area (Å²) in [6.45, 7) is -1.01. The summed E-state index contributed by atoms with van der Waals surface area (Å²) in [5.41, 5.74) is -0.354. The maximum atomic E-state index is 12.1. The number of aromatic nitrogens is 2. The molecule has 0 fully saturated rings. The van der Waals surface area contributed by atoms with E-state index in [1.54, 1.807) is 22.6 Å². The van der Waals surface area contributed by atoms with Gasteiger partial charge in [-0.2, -0.15) is 5.10 Å². The fourth-order valence-electron chi connectivity index (χ4n) is 0.684. The van der Waals surface area contributed by atoms with E-state index in [9.17, 15) is 13.2 Å². The van der Waals surface area contributed by atoms with E-state index in [0.717, 1.165) is 0 Å². The van der Waals surface area contributed by atoms with Crippen LogP contribution in [0.1, 0.15) is 12.1 Å². The fraction of sp³-hybridized carbons (Fsp3) is 0.400. The van der Waals surface area contributed by atoms with Crippen LogP contribution in [-0.2, 0) is 6.80 Å². The Morgan fingerprint density at radius 3 is 2.64 bits per heavy atom. The summed E-state index contributed by atoms with van der Waals surface area (Å²) >= 11 is 1.69. The van der Waals surface area contributed by atoms with Crippen molar-refractivity contribution in [1.82, 2.24) is 9.78 Å². The van der Waals surface area contributed by atoms with E-state index in [4.69, 9.17) is 0 Å². The number of alkyl halides is 3. The van der Waals surface area contributed by atoms with Crippen LogP contribution >= 0.6 is 22.6 Å². The lowest BCUT2D eigenvalue weighted by molar-refractivity contribution is 0.132. The van der Waals surface area contributed by atoms with Crippen molar-refractivity contribution in [2.45, 2.75) is 13.2 Å². The molecule has 0 aliphatic rings. The van der Waals surface area contributed by atoms with E-state index in [2.05, 4.69) is 5.10 Å². The van der Waals surface area contributed by atoms with Crippen molar-refractivity contribution in [2.24, 2.45) is 0 Å². The molecule has 0 aliphatic carbocycles. The average molecular weight is 276 g/mol. The molecule has 1 heterocycles. The molecule has 11 heavy (non-hydrogen) atoms. The van der Waals surface area contributed by atoms with E-state index in [1.807, 2.05) is 0 Å². The van der Waals surface area contributed by atoms with Crippen LogP contribution in [-0.4, -0.2) is 9.78 Å². The third-order valence-electron chi connectivity index (χ3n) is 1.15. The van der Waals surface area contributed by atoms with Crippen molar-refractivity contribution in [3.63, 3.8) is 0 Å². The Labute approximate surface area is 74.5 Å². The molecular formula is C5H4F3IN2. The Hall–Kier alpha value is -0.270. The fourth-order valence-corrected chi connectivity index (χ4v) is 1.32. The van der Waals surface area contributed by atoms with Crippen LogP contribution in [0.15, 0.2) is 6.20 Å². The molecule has 0 saturated carbocycles. The molecule has 0 amide bonds. The van der Waals surface area contributed by atoms with Gasteiger partial charge in [0.2, 0.25) is 0 Å². The Morgan fingerprint density at radius 2 is 2.27 bits per heavy atom. The topological polar surface area (TPSA) is 17.8 Å². The first-order valence-electron chi connectivity index (χ1n) is 2.72. The zero-order valence-corrected chi connectivity index (χ0v) is 7.43. The van der Waals surface area contributed by atoms with E-state index in [1.165, 1.54) is 6.20 Å². The first kappa shape index (κ1) is 8.82. The molecule has 0 spiro atoms. The van der Waals surface area contributed by atoms with Crippen LogP contribution in [0.4, 0.5) is 13.2 Å². The molecule has 0 radical (unpaired) electrons. The molecule has 0 bridgehead atoms. The van der Waals surface area contributed by atoms with Gasteiger partial charge in [-0.15, -0.1) is 0 Å². The Balaban J connectivity index is 3.07. The molecule has 62 valence electrons. The molecule has 0 unspecified atom stereocenters. The van der Waals surface area contributed by atoms with Gasteiger partial charge in [-0.1, -0.05) is 0 Å². The second-order valence-corrected chi connectivity index (χ2v) is 2.96. The highest BCUT2D eigenvalue weighted by atomic mass is 127. The first-order valence-corrected chi connectivity index (χ1v) is 3.80. The highest BCUT2D eigenvalue weighted by Gasteiger charge is 2.17. The van der Waals surface area contributed by atoms with Crippen LogP contribution in [0.5, 0.6) is 0 Å². The minimum Gasteiger partial charge on any atom is -0.232 e. The van der Waals surface area contributed by atoms with Gasteiger partial charge in [-0.25, -0.2) is 17.9 Å². The van der Waals surface area contributed by atoms with E-state index < -0.39 is 13.2 Å². The number of nitrogens with zero attached hydrogens (tertiary/aromatic N) is 2. The zero-order valence-electron chi connectivity index (χ0n) is 5.27. The highest BCUT2D eigenvalue weighted by Crippen LogP contribution is 2.23. The predicted octanol–water partition coefficient (Wildman–Crippen LogP) is 2.35. The lowest BCUT2D eigenvalue weighted by Gasteiger charge is -2.00. The van der Waals surface area contributed by atoms with Crippen molar-refractivity contribution in [2.75, 3.05) is 0 Å². The SMILES string of the molecule is FCn1ncc(I)c1C(F)F. The zero-order chi connectivity index (χ0) is 8.43. The monoisotopic (exact) mass is 276 g/mol. The number of hydrogen-bond acceptors (Lipinski definition) is 1. The summed E-state index contributed by atoms with van der Waals surface area (Å²) in [4.78, 5) is 0. The van der Waals surface area contributed by atoms with Crippen LogP contribution in [0, 0.1) is 3.57 Å². The molecule has 0 N–H and O–H groups in total. The van der Waals surface area contributed by atoms with Gasteiger partial charge in [0.25, 0.3) is 6.43 Å². The van der Waals surface area contributed by atoms with E-state index in [0.29, 0.717) is 4.68 Å². The standard InChI is InChI=1S/C5H4F3IN2/c6-2-11-4(5(7)8)3(9)1-10-11/h1,5H,2H2. The van der Waals surface area contributed by atoms with Gasteiger partial charge in [0.1, 0.15) is 5.69 Å². The molecule has 0 saturated heterocycles. The van der Waals surface area contributed by atoms with Gasteiger partial charge in [-0.3, -0.25) is 0 Å². The molecule has 0 atom stereocenters. The van der Waals surface area contributed by atoms with Gasteiger partial charge >= 0.3 is 0 Å². The number of hydrogen-bond donors (Lipinski definition) is 0. The Kier molecular flexibility index (Phi) is 2.74. The third-order valence-corrected chi connectivity index (χ3v) is 1.98. The summed E-state index contributed by atoms with van der Waals surface area (Å²) in [7, 11) is 0. The lowest BCUT2D eigenvalue weighted by atomic mass is 10.4. The molecule has 6 heteroatoms. The van der Waals surface area contributed by atoms with E-state index in [-0.39, 0.29) is 9.26 Å². The van der Waals surface area contributed by atoms with Gasteiger partial charge in [-0.05, 0) is 22.6 Å². The second kappa shape index (κ2) is 3.42. The van der Waals surface area contributed by atoms with Crippen molar-refractivity contribution < 1.29 is 13.2 Å². The predicted molar refractivity (Wildman–Crippen MR) is 41.0 cm³/mol. The van der Waals surface area contributed by atoms with Crippen LogP contribution in [0.2, 0.25) is 0 Å². The smallest absolute Gasteiger partial charge is 0.232 e. The minimum absolute atomic E-state index is 0.287. The maximum absolute atomic E-state index is 12.1. The van der Waals surface area contributed by atoms with E-state index >= 15 is 0 Å². The molecule has 0 aromatic carbocycles. The van der Waals surface area contributed by atoms with Gasteiger partial charge in [0.05, 0.1) is 9.77 Å². The largest absolute Gasteiger partial charge is 0.281 e. The summed E-state index contributed by atoms with van der Waals surface area (Å²) in [6.07, 6.45) is -1.46. The summed E-state index contributed by atoms with van der Waals surface area (Å²) < 4.78 is 37.0. The highest BCUT2D eigenvalue weighted by molar-refractivity contribution is 14.1. The lowest BCUT2D eigenvalue weighted by Crippen LogP contribution is -2.02. The molecule has 1 aromatic heterocycles. The second-order valence-electron chi connectivity index (χ2n) is 1.80. The number of rotatable bonds is 2. The Morgan fingerprint density at radius 1 is 1.64 bits per heavy atom. The van der Waals surface area contributed by atoms with Gasteiger partial charge in [0, 0.05) is 0 Å². The van der Waals surface area contributed by atoms with Crippen LogP contribution < -0.4 is 0 Å². The molecule has 0 aliphatic heterocycles. The molecular weight excluding hydrogens is 272 g/mol. The first-order chi connectivity index (χ1) is 5.16. The molecule has 1 rings (SSSR count). The van der Waals surface area contributed by atoms with Crippen molar-refractivity contribution in [1.29, 1.82) is 0 Å². The molecule has 2 nitrogen and oxygen atoms in total. The Bertz CT molecular complexity index is 248.